The Kier molecular flexibility index (Phi) is 2.37. The van der Waals surface area contributed by atoms with Crippen molar-refractivity contribution >= 4 is 0 Å². The molecule has 1 saturated heterocycles. The van der Waals surface area contributed by atoms with Gasteiger partial charge in [-0.1, -0.05) is 6.92 Å². The normalized spacial score (nSPS) is 42.0. The summed E-state index contributed by atoms with van der Waals surface area (Å²) in [7, 11) is 0. The van der Waals surface area contributed by atoms with E-state index in [4.69, 9.17) is 5.73 Å². The predicted octanol–water partition coefficient (Wildman–Crippen LogP) is 1.07. The molecule has 1 aliphatic carbocycles. The van der Waals surface area contributed by atoms with E-state index in [9.17, 15) is 0 Å². The highest BCUT2D eigenvalue weighted by atomic mass is 15.1. The number of nitrogens with two attached hydrogens (primary N) is 1. The third-order valence-corrected chi connectivity index (χ3v) is 3.52. The van der Waals surface area contributed by atoms with E-state index in [1.807, 2.05) is 0 Å². The molecule has 2 heteroatoms. The first-order chi connectivity index (χ1) is 5.81. The van der Waals surface area contributed by atoms with Gasteiger partial charge in [0.05, 0.1) is 0 Å². The van der Waals surface area contributed by atoms with Gasteiger partial charge in [-0.3, -0.25) is 0 Å². The molecule has 2 aliphatic rings. The van der Waals surface area contributed by atoms with Crippen LogP contribution in [0.2, 0.25) is 0 Å². The maximum absolute atomic E-state index is 6.12. The van der Waals surface area contributed by atoms with Gasteiger partial charge in [0, 0.05) is 19.1 Å². The molecule has 0 radical (unpaired) electrons. The number of hydrogen-bond donors (Lipinski definition) is 1. The number of hydrogen-bond acceptors (Lipinski definition) is 2. The van der Waals surface area contributed by atoms with Crippen LogP contribution in [0.1, 0.15) is 26.2 Å². The first-order valence-electron chi connectivity index (χ1n) is 5.29. The van der Waals surface area contributed by atoms with Gasteiger partial charge in [0.1, 0.15) is 0 Å². The average Bonchev–Trinajstić information content (AvgIpc) is 2.33. The highest BCUT2D eigenvalue weighted by Gasteiger charge is 2.39. The summed E-state index contributed by atoms with van der Waals surface area (Å²) in [5.41, 5.74) is 6.12. The first-order valence-corrected chi connectivity index (χ1v) is 5.29. The van der Waals surface area contributed by atoms with Gasteiger partial charge in [-0.25, -0.2) is 0 Å². The molecule has 1 aliphatic heterocycles. The van der Waals surface area contributed by atoms with Crippen LogP contribution in [0.25, 0.3) is 0 Å². The highest BCUT2D eigenvalue weighted by molar-refractivity contribution is 4.95. The van der Waals surface area contributed by atoms with Crippen LogP contribution < -0.4 is 5.73 Å². The highest BCUT2D eigenvalue weighted by Crippen LogP contribution is 2.35. The maximum Gasteiger partial charge on any atom is 0.0120 e. The van der Waals surface area contributed by atoms with E-state index >= 15 is 0 Å². The molecule has 70 valence electrons. The summed E-state index contributed by atoms with van der Waals surface area (Å²) < 4.78 is 0. The van der Waals surface area contributed by atoms with Crippen molar-refractivity contribution in [1.82, 2.24) is 4.90 Å². The molecule has 2 fully saturated rings. The van der Waals surface area contributed by atoms with Gasteiger partial charge in [-0.2, -0.15) is 0 Å². The fourth-order valence-electron chi connectivity index (χ4n) is 2.86. The molecule has 12 heavy (non-hydrogen) atoms. The van der Waals surface area contributed by atoms with Crippen LogP contribution in [0.15, 0.2) is 0 Å². The van der Waals surface area contributed by atoms with Crippen molar-refractivity contribution in [3.05, 3.63) is 0 Å². The minimum absolute atomic E-state index is 0.526. The van der Waals surface area contributed by atoms with E-state index in [0.717, 1.165) is 11.8 Å². The minimum Gasteiger partial charge on any atom is -0.327 e. The Morgan fingerprint density at radius 1 is 1.25 bits per heavy atom. The van der Waals surface area contributed by atoms with E-state index < -0.39 is 0 Å². The molecule has 0 aromatic rings. The summed E-state index contributed by atoms with van der Waals surface area (Å²) in [6.07, 6.45) is 4.05. The Morgan fingerprint density at radius 2 is 1.83 bits per heavy atom. The standard InChI is InChI=1S/C10H20N2/c1-2-5-12-6-8-3-4-9(7-12)10(8)11/h8-10H,2-7,11H2,1H3/t8-,9-/m0/s1. The Hall–Kier alpha value is -0.0800. The monoisotopic (exact) mass is 168 g/mol. The van der Waals surface area contributed by atoms with Gasteiger partial charge in [0.2, 0.25) is 0 Å². The van der Waals surface area contributed by atoms with E-state index in [0.29, 0.717) is 6.04 Å². The topological polar surface area (TPSA) is 29.3 Å². The largest absolute Gasteiger partial charge is 0.327 e. The fourth-order valence-corrected chi connectivity index (χ4v) is 2.86. The maximum atomic E-state index is 6.12. The summed E-state index contributed by atoms with van der Waals surface area (Å²) in [5.74, 6) is 1.63. The lowest BCUT2D eigenvalue weighted by molar-refractivity contribution is 0.147. The molecule has 0 aromatic carbocycles. The lowest BCUT2D eigenvalue weighted by atomic mass is 9.93. The van der Waals surface area contributed by atoms with Gasteiger partial charge < -0.3 is 10.6 Å². The Bertz CT molecular complexity index is 144. The van der Waals surface area contributed by atoms with Crippen LogP contribution in [-0.4, -0.2) is 30.6 Å². The molecular formula is C10H20N2. The molecule has 0 spiro atoms. The number of likely N-dealkylation sites (tertiary alicyclic amines) is 1. The zero-order chi connectivity index (χ0) is 8.55. The summed E-state index contributed by atoms with van der Waals surface area (Å²) in [4.78, 5) is 2.60. The van der Waals surface area contributed by atoms with Crippen LogP contribution in [0.4, 0.5) is 0 Å². The lowest BCUT2D eigenvalue weighted by Crippen LogP contribution is -2.48. The lowest BCUT2D eigenvalue weighted by Gasteiger charge is -2.35. The number of piperidine rings is 1. The Labute approximate surface area is 75.1 Å². The summed E-state index contributed by atoms with van der Waals surface area (Å²) in [6.45, 7) is 6.08. The second-order valence-corrected chi connectivity index (χ2v) is 4.43. The van der Waals surface area contributed by atoms with E-state index in [1.54, 1.807) is 0 Å². The molecule has 2 rings (SSSR count). The third-order valence-electron chi connectivity index (χ3n) is 3.52. The molecule has 0 aromatic heterocycles. The molecule has 1 saturated carbocycles. The van der Waals surface area contributed by atoms with Crippen LogP contribution in [0, 0.1) is 11.8 Å². The van der Waals surface area contributed by atoms with E-state index in [1.165, 1.54) is 38.9 Å². The van der Waals surface area contributed by atoms with Gasteiger partial charge in [0.25, 0.3) is 0 Å². The van der Waals surface area contributed by atoms with Crippen molar-refractivity contribution in [2.24, 2.45) is 17.6 Å². The first kappa shape index (κ1) is 8.52. The van der Waals surface area contributed by atoms with Crippen molar-refractivity contribution in [3.8, 4) is 0 Å². The molecule has 1 heterocycles. The van der Waals surface area contributed by atoms with Crippen LogP contribution in [-0.2, 0) is 0 Å². The number of rotatable bonds is 2. The SMILES string of the molecule is CCCN1C[C@@H]2CC[C@@H](C1)C2N. The molecule has 0 unspecified atom stereocenters. The van der Waals surface area contributed by atoms with Gasteiger partial charge in [0.15, 0.2) is 0 Å². The third kappa shape index (κ3) is 1.38. The second kappa shape index (κ2) is 3.35. The van der Waals surface area contributed by atoms with Gasteiger partial charge in [-0.05, 0) is 37.6 Å². The van der Waals surface area contributed by atoms with Crippen LogP contribution in [0.5, 0.6) is 0 Å². The molecule has 2 bridgehead atoms. The average molecular weight is 168 g/mol. The molecule has 0 amide bonds. The molecule has 2 nitrogen and oxygen atoms in total. The summed E-state index contributed by atoms with van der Waals surface area (Å²) in [6, 6.07) is 0.526. The van der Waals surface area contributed by atoms with Crippen LogP contribution >= 0.6 is 0 Å². The molecular weight excluding hydrogens is 148 g/mol. The van der Waals surface area contributed by atoms with Crippen LogP contribution in [0.3, 0.4) is 0 Å². The minimum atomic E-state index is 0.526. The Morgan fingerprint density at radius 3 is 2.33 bits per heavy atom. The van der Waals surface area contributed by atoms with E-state index in [2.05, 4.69) is 11.8 Å². The van der Waals surface area contributed by atoms with E-state index in [-0.39, 0.29) is 0 Å². The summed E-state index contributed by atoms with van der Waals surface area (Å²) in [5, 5.41) is 0. The second-order valence-electron chi connectivity index (χ2n) is 4.43. The van der Waals surface area contributed by atoms with Crippen molar-refractivity contribution in [1.29, 1.82) is 0 Å². The van der Waals surface area contributed by atoms with Crippen molar-refractivity contribution in [2.45, 2.75) is 32.2 Å². The zero-order valence-electron chi connectivity index (χ0n) is 8.00. The number of fused-ring (bicyclic) bond motifs is 2. The van der Waals surface area contributed by atoms with Gasteiger partial charge >= 0.3 is 0 Å². The quantitative estimate of drug-likeness (QED) is 0.668. The molecule has 2 atom stereocenters. The Balaban J connectivity index is 1.93. The molecule has 2 N–H and O–H groups in total. The smallest absolute Gasteiger partial charge is 0.0120 e. The van der Waals surface area contributed by atoms with Crippen molar-refractivity contribution < 1.29 is 0 Å². The number of nitrogens with zero attached hydrogens (tertiary/aromatic N) is 1. The zero-order valence-corrected chi connectivity index (χ0v) is 8.00. The van der Waals surface area contributed by atoms with Crippen molar-refractivity contribution in [3.63, 3.8) is 0 Å². The van der Waals surface area contributed by atoms with Crippen molar-refractivity contribution in [2.75, 3.05) is 19.6 Å². The predicted molar refractivity (Wildman–Crippen MR) is 50.9 cm³/mol. The fraction of sp³-hybridized carbons (Fsp3) is 1.00. The van der Waals surface area contributed by atoms with Gasteiger partial charge in [-0.15, -0.1) is 0 Å². The summed E-state index contributed by atoms with van der Waals surface area (Å²) >= 11 is 0.